The van der Waals surface area contributed by atoms with Crippen LogP contribution in [0.4, 0.5) is 0 Å². The van der Waals surface area contributed by atoms with E-state index in [1.54, 1.807) is 6.92 Å². The minimum atomic E-state index is 0.0904. The minimum Gasteiger partial charge on any atom is -0.492 e. The fraction of sp³-hybridized carbons (Fsp3) is 0.267. The lowest BCUT2D eigenvalue weighted by Gasteiger charge is -2.08. The SMILES string of the molecule is CCCOc1cc(-c2ccc(C(C)=O)s2)ccc1Cl. The van der Waals surface area contributed by atoms with Crippen molar-refractivity contribution in [2.75, 3.05) is 6.61 Å². The zero-order chi connectivity index (χ0) is 13.8. The average Bonchev–Trinajstić information content (AvgIpc) is 2.87. The van der Waals surface area contributed by atoms with Gasteiger partial charge in [-0.1, -0.05) is 24.6 Å². The smallest absolute Gasteiger partial charge is 0.169 e. The molecule has 0 saturated carbocycles. The van der Waals surface area contributed by atoms with E-state index in [0.29, 0.717) is 17.4 Å². The van der Waals surface area contributed by atoms with Gasteiger partial charge in [-0.05, 0) is 43.2 Å². The van der Waals surface area contributed by atoms with Gasteiger partial charge in [-0.2, -0.15) is 0 Å². The van der Waals surface area contributed by atoms with E-state index < -0.39 is 0 Å². The minimum absolute atomic E-state index is 0.0904. The molecule has 0 aliphatic rings. The summed E-state index contributed by atoms with van der Waals surface area (Å²) in [5.41, 5.74) is 1.02. The Morgan fingerprint density at radius 2 is 2.11 bits per heavy atom. The number of rotatable bonds is 5. The molecule has 1 aromatic carbocycles. The highest BCUT2D eigenvalue weighted by Crippen LogP contribution is 2.34. The Morgan fingerprint density at radius 3 is 2.74 bits per heavy atom. The van der Waals surface area contributed by atoms with Gasteiger partial charge >= 0.3 is 0 Å². The fourth-order valence-electron chi connectivity index (χ4n) is 1.66. The van der Waals surface area contributed by atoms with E-state index in [1.807, 2.05) is 30.3 Å². The van der Waals surface area contributed by atoms with Crippen molar-refractivity contribution in [1.82, 2.24) is 0 Å². The first-order valence-electron chi connectivity index (χ1n) is 6.15. The maximum absolute atomic E-state index is 11.3. The van der Waals surface area contributed by atoms with Crippen molar-refractivity contribution in [2.24, 2.45) is 0 Å². The Labute approximate surface area is 122 Å². The van der Waals surface area contributed by atoms with Gasteiger partial charge in [0, 0.05) is 4.88 Å². The lowest BCUT2D eigenvalue weighted by Crippen LogP contribution is -1.95. The van der Waals surface area contributed by atoms with Crippen LogP contribution in [0.3, 0.4) is 0 Å². The molecule has 0 aliphatic heterocycles. The molecule has 0 unspecified atom stereocenters. The van der Waals surface area contributed by atoms with E-state index in [-0.39, 0.29) is 5.78 Å². The van der Waals surface area contributed by atoms with Crippen molar-refractivity contribution in [3.63, 3.8) is 0 Å². The van der Waals surface area contributed by atoms with Crippen molar-refractivity contribution < 1.29 is 9.53 Å². The Balaban J connectivity index is 2.31. The number of thiophene rings is 1. The summed E-state index contributed by atoms with van der Waals surface area (Å²) in [6.45, 7) is 4.27. The summed E-state index contributed by atoms with van der Waals surface area (Å²) in [4.78, 5) is 13.1. The molecule has 0 aliphatic carbocycles. The summed E-state index contributed by atoms with van der Waals surface area (Å²) in [5.74, 6) is 0.784. The molecule has 2 nitrogen and oxygen atoms in total. The van der Waals surface area contributed by atoms with E-state index in [1.165, 1.54) is 11.3 Å². The third-order valence-corrected chi connectivity index (χ3v) is 4.18. The summed E-state index contributed by atoms with van der Waals surface area (Å²) in [5, 5.41) is 0.612. The van der Waals surface area contributed by atoms with Crippen LogP contribution in [0.5, 0.6) is 5.75 Å². The number of halogens is 1. The third-order valence-electron chi connectivity index (χ3n) is 2.63. The van der Waals surface area contributed by atoms with Crippen molar-refractivity contribution in [1.29, 1.82) is 0 Å². The topological polar surface area (TPSA) is 26.3 Å². The Morgan fingerprint density at radius 1 is 1.32 bits per heavy atom. The monoisotopic (exact) mass is 294 g/mol. The first kappa shape index (κ1) is 14.1. The molecule has 0 bridgehead atoms. The Kier molecular flexibility index (Phi) is 4.61. The number of ketones is 1. The first-order valence-corrected chi connectivity index (χ1v) is 7.34. The van der Waals surface area contributed by atoms with E-state index in [4.69, 9.17) is 16.3 Å². The van der Waals surface area contributed by atoms with Gasteiger partial charge in [0.15, 0.2) is 5.78 Å². The Hall–Kier alpha value is -1.32. The van der Waals surface area contributed by atoms with Gasteiger partial charge in [0.25, 0.3) is 0 Å². The van der Waals surface area contributed by atoms with Crippen molar-refractivity contribution in [3.05, 3.63) is 40.2 Å². The lowest BCUT2D eigenvalue weighted by atomic mass is 10.2. The third kappa shape index (κ3) is 3.37. The summed E-state index contributed by atoms with van der Waals surface area (Å²) in [6.07, 6.45) is 0.939. The van der Waals surface area contributed by atoms with Crippen LogP contribution in [0.1, 0.15) is 29.9 Å². The van der Waals surface area contributed by atoms with Crippen molar-refractivity contribution in [2.45, 2.75) is 20.3 Å². The molecule has 1 aromatic heterocycles. The molecule has 0 atom stereocenters. The Bertz CT molecular complexity index is 590. The van der Waals surface area contributed by atoms with Gasteiger partial charge < -0.3 is 4.74 Å². The van der Waals surface area contributed by atoms with E-state index in [0.717, 1.165) is 21.7 Å². The van der Waals surface area contributed by atoms with Gasteiger partial charge in [0.1, 0.15) is 5.75 Å². The summed E-state index contributed by atoms with van der Waals surface area (Å²) in [7, 11) is 0. The quantitative estimate of drug-likeness (QED) is 0.721. The fourth-order valence-corrected chi connectivity index (χ4v) is 2.73. The highest BCUT2D eigenvalue weighted by molar-refractivity contribution is 7.17. The molecule has 100 valence electrons. The maximum Gasteiger partial charge on any atom is 0.169 e. The van der Waals surface area contributed by atoms with Gasteiger partial charge in [0.2, 0.25) is 0 Å². The van der Waals surface area contributed by atoms with Crippen LogP contribution in [-0.4, -0.2) is 12.4 Å². The number of hydrogen-bond donors (Lipinski definition) is 0. The molecule has 0 fully saturated rings. The van der Waals surface area contributed by atoms with Crippen LogP contribution >= 0.6 is 22.9 Å². The number of hydrogen-bond acceptors (Lipinski definition) is 3. The molecule has 1 heterocycles. The summed E-state index contributed by atoms with van der Waals surface area (Å²) < 4.78 is 5.61. The van der Waals surface area contributed by atoms with E-state index in [9.17, 15) is 4.79 Å². The van der Waals surface area contributed by atoms with Crippen LogP contribution in [0.15, 0.2) is 30.3 Å². The van der Waals surface area contributed by atoms with Crippen molar-refractivity contribution >= 4 is 28.7 Å². The number of benzene rings is 1. The number of Topliss-reactive ketones (excluding diaryl/α,β-unsaturated/α-hetero) is 1. The highest BCUT2D eigenvalue weighted by atomic mass is 35.5. The van der Waals surface area contributed by atoms with E-state index in [2.05, 4.69) is 6.92 Å². The molecular formula is C15H15ClO2S. The molecule has 19 heavy (non-hydrogen) atoms. The average molecular weight is 295 g/mol. The molecule has 0 saturated heterocycles. The van der Waals surface area contributed by atoms with Crippen LogP contribution < -0.4 is 4.74 Å². The molecule has 0 N–H and O–H groups in total. The molecule has 2 aromatic rings. The molecule has 4 heteroatoms. The second-order valence-corrected chi connectivity index (χ2v) is 5.70. The first-order chi connectivity index (χ1) is 9.11. The van der Waals surface area contributed by atoms with Gasteiger partial charge in [-0.15, -0.1) is 11.3 Å². The van der Waals surface area contributed by atoms with Gasteiger partial charge in [0.05, 0.1) is 16.5 Å². The lowest BCUT2D eigenvalue weighted by molar-refractivity contribution is 0.102. The van der Waals surface area contributed by atoms with E-state index >= 15 is 0 Å². The molecule has 0 radical (unpaired) electrons. The second-order valence-electron chi connectivity index (χ2n) is 4.21. The summed E-state index contributed by atoms with van der Waals surface area (Å²) in [6, 6.07) is 9.50. The van der Waals surface area contributed by atoms with Crippen molar-refractivity contribution in [3.8, 4) is 16.2 Å². The molecule has 2 rings (SSSR count). The van der Waals surface area contributed by atoms with Gasteiger partial charge in [-0.25, -0.2) is 0 Å². The van der Waals surface area contributed by atoms with Crippen LogP contribution in [-0.2, 0) is 0 Å². The molecule has 0 spiro atoms. The number of carbonyl (C=O) groups is 1. The van der Waals surface area contributed by atoms with Crippen LogP contribution in [0, 0.1) is 0 Å². The predicted molar refractivity (Wildman–Crippen MR) is 80.6 cm³/mol. The zero-order valence-electron chi connectivity index (χ0n) is 10.9. The standard InChI is InChI=1S/C15H15ClO2S/c1-3-8-18-13-9-11(4-5-12(13)16)15-7-6-14(19-15)10(2)17/h4-7,9H,3,8H2,1-2H3. The van der Waals surface area contributed by atoms with Crippen LogP contribution in [0.25, 0.3) is 10.4 Å². The second kappa shape index (κ2) is 6.22. The largest absolute Gasteiger partial charge is 0.492 e. The summed E-state index contributed by atoms with van der Waals surface area (Å²) >= 11 is 7.58. The molecular weight excluding hydrogens is 280 g/mol. The number of carbonyl (C=O) groups excluding carboxylic acids is 1. The maximum atomic E-state index is 11.3. The van der Waals surface area contributed by atoms with Gasteiger partial charge in [-0.3, -0.25) is 4.79 Å². The number of ether oxygens (including phenoxy) is 1. The predicted octanol–water partition coefficient (Wildman–Crippen LogP) is 5.06. The zero-order valence-corrected chi connectivity index (χ0v) is 12.5. The highest BCUT2D eigenvalue weighted by Gasteiger charge is 2.09. The van der Waals surface area contributed by atoms with Crippen LogP contribution in [0.2, 0.25) is 5.02 Å². The molecule has 0 amide bonds. The normalized spacial score (nSPS) is 10.5.